The first kappa shape index (κ1) is 14.8. The number of hydrogen-bond donors (Lipinski definition) is 0. The summed E-state index contributed by atoms with van der Waals surface area (Å²) in [4.78, 5) is 13.5. The Labute approximate surface area is 109 Å². The molecular weight excluding hydrogens is 246 g/mol. The van der Waals surface area contributed by atoms with Crippen molar-refractivity contribution < 1.29 is 13.6 Å². The number of nitrogens with zero attached hydrogens (tertiary/aromatic N) is 1. The topological polar surface area (TPSA) is 47.9 Å². The molecule has 0 fully saturated rings. The van der Waals surface area contributed by atoms with Crippen LogP contribution >= 0.6 is 0 Å². The first-order valence-corrected chi connectivity index (χ1v) is 7.52. The molecule has 1 rings (SSSR count). The molecule has 0 saturated carbocycles. The van der Waals surface area contributed by atoms with Gasteiger partial charge in [-0.3, -0.25) is 0 Å². The van der Waals surface area contributed by atoms with Gasteiger partial charge in [0.2, 0.25) is 6.08 Å². The van der Waals surface area contributed by atoms with E-state index < -0.39 is 9.28 Å². The van der Waals surface area contributed by atoms with Crippen LogP contribution in [0.15, 0.2) is 29.3 Å². The quantitative estimate of drug-likeness (QED) is 0.306. The van der Waals surface area contributed by atoms with Crippen LogP contribution in [0.3, 0.4) is 0 Å². The minimum absolute atomic E-state index is 0.557. The van der Waals surface area contributed by atoms with Crippen molar-refractivity contribution in [1.29, 1.82) is 0 Å². The molecule has 1 aromatic rings. The number of aryl methyl sites for hydroxylation is 1. The maximum atomic E-state index is 9.94. The zero-order valence-corrected chi connectivity index (χ0v) is 12.0. The summed E-state index contributed by atoms with van der Waals surface area (Å²) in [6, 6.07) is 8.21. The molecule has 0 amide bonds. The smallest absolute Gasteiger partial charge is 0.355 e. The fourth-order valence-corrected chi connectivity index (χ4v) is 3.41. The van der Waals surface area contributed by atoms with Crippen LogP contribution in [0.1, 0.15) is 18.4 Å². The Kier molecular flexibility index (Phi) is 7.21. The minimum atomic E-state index is -1.74. The van der Waals surface area contributed by atoms with Gasteiger partial charge in [-0.05, 0) is 30.0 Å². The molecule has 18 heavy (non-hydrogen) atoms. The van der Waals surface area contributed by atoms with E-state index in [-0.39, 0.29) is 0 Å². The van der Waals surface area contributed by atoms with Gasteiger partial charge in [-0.25, -0.2) is 9.79 Å². The number of aliphatic imine (C=N–C) groups is 1. The standard InChI is InChI=1S/C13H19NO3Si/c1-16-18(17-2)13-9-4-3-7-12(13)8-5-6-10-14-11-15/h3-4,7,9,18H,5-6,8,10H2,1-2H3. The van der Waals surface area contributed by atoms with Crippen LogP contribution in [0.4, 0.5) is 0 Å². The fraction of sp³-hybridized carbons (Fsp3) is 0.462. The van der Waals surface area contributed by atoms with Crippen molar-refractivity contribution in [3.8, 4) is 0 Å². The second kappa shape index (κ2) is 8.77. The average molecular weight is 265 g/mol. The molecule has 0 radical (unpaired) electrons. The Hall–Kier alpha value is -1.26. The first-order chi connectivity index (χ1) is 8.83. The van der Waals surface area contributed by atoms with Gasteiger partial charge in [-0.1, -0.05) is 24.3 Å². The van der Waals surface area contributed by atoms with Crippen molar-refractivity contribution in [2.24, 2.45) is 4.99 Å². The lowest BCUT2D eigenvalue weighted by molar-refractivity contribution is 0.291. The van der Waals surface area contributed by atoms with Crippen LogP contribution in [0.25, 0.3) is 0 Å². The van der Waals surface area contributed by atoms with Crippen LogP contribution < -0.4 is 5.19 Å². The van der Waals surface area contributed by atoms with E-state index in [9.17, 15) is 4.79 Å². The van der Waals surface area contributed by atoms with Gasteiger partial charge in [0.25, 0.3) is 0 Å². The number of unbranched alkanes of at least 4 members (excludes halogenated alkanes) is 1. The predicted octanol–water partition coefficient (Wildman–Crippen LogP) is 1.07. The maximum Gasteiger partial charge on any atom is 0.355 e. The Morgan fingerprint density at radius 2 is 1.94 bits per heavy atom. The Morgan fingerprint density at radius 3 is 2.61 bits per heavy atom. The van der Waals surface area contributed by atoms with E-state index in [0.29, 0.717) is 6.54 Å². The molecule has 0 N–H and O–H groups in total. The van der Waals surface area contributed by atoms with Crippen LogP contribution in [-0.2, 0) is 20.1 Å². The molecule has 5 heteroatoms. The molecule has 0 aromatic heterocycles. The lowest BCUT2D eigenvalue weighted by Gasteiger charge is -2.15. The number of hydrogen-bond acceptors (Lipinski definition) is 4. The van der Waals surface area contributed by atoms with Crippen LogP contribution in [0.5, 0.6) is 0 Å². The van der Waals surface area contributed by atoms with Gasteiger partial charge in [-0.15, -0.1) is 0 Å². The first-order valence-electron chi connectivity index (χ1n) is 6.00. The summed E-state index contributed by atoms with van der Waals surface area (Å²) in [5, 5.41) is 1.20. The summed E-state index contributed by atoms with van der Waals surface area (Å²) < 4.78 is 10.8. The maximum absolute atomic E-state index is 9.94. The fourth-order valence-electron chi connectivity index (χ4n) is 1.89. The van der Waals surface area contributed by atoms with Crippen LogP contribution in [-0.4, -0.2) is 36.1 Å². The third-order valence-electron chi connectivity index (χ3n) is 2.77. The van der Waals surface area contributed by atoms with Crippen molar-refractivity contribution in [3.05, 3.63) is 29.8 Å². The highest BCUT2D eigenvalue weighted by Crippen LogP contribution is 2.05. The summed E-state index contributed by atoms with van der Waals surface area (Å²) in [6.07, 6.45) is 4.41. The van der Waals surface area contributed by atoms with Gasteiger partial charge in [-0.2, -0.15) is 0 Å². The summed E-state index contributed by atoms with van der Waals surface area (Å²) in [6.45, 7) is 0.557. The van der Waals surface area contributed by atoms with Crippen LogP contribution in [0, 0.1) is 0 Å². The van der Waals surface area contributed by atoms with E-state index in [0.717, 1.165) is 19.3 Å². The molecule has 0 unspecified atom stereocenters. The predicted molar refractivity (Wildman–Crippen MR) is 73.2 cm³/mol. The van der Waals surface area contributed by atoms with E-state index in [1.165, 1.54) is 10.8 Å². The van der Waals surface area contributed by atoms with Crippen molar-refractivity contribution in [2.75, 3.05) is 20.8 Å². The molecule has 0 saturated heterocycles. The highest BCUT2D eigenvalue weighted by atomic mass is 28.3. The van der Waals surface area contributed by atoms with Crippen LogP contribution in [0.2, 0.25) is 0 Å². The second-order valence-corrected chi connectivity index (χ2v) is 6.16. The highest BCUT2D eigenvalue weighted by molar-refractivity contribution is 6.61. The molecule has 0 heterocycles. The molecule has 0 aliphatic rings. The normalized spacial score (nSPS) is 10.4. The van der Waals surface area contributed by atoms with E-state index in [2.05, 4.69) is 17.1 Å². The van der Waals surface area contributed by atoms with Crippen molar-refractivity contribution in [2.45, 2.75) is 19.3 Å². The number of benzene rings is 1. The third kappa shape index (κ3) is 4.54. The van der Waals surface area contributed by atoms with E-state index in [1.807, 2.05) is 12.1 Å². The Morgan fingerprint density at radius 1 is 1.22 bits per heavy atom. The van der Waals surface area contributed by atoms with Gasteiger partial charge in [0.15, 0.2) is 0 Å². The second-order valence-electron chi connectivity index (χ2n) is 3.93. The van der Waals surface area contributed by atoms with Gasteiger partial charge < -0.3 is 8.85 Å². The lowest BCUT2D eigenvalue weighted by Crippen LogP contribution is -2.37. The van der Waals surface area contributed by atoms with Crippen molar-refractivity contribution in [1.82, 2.24) is 0 Å². The molecule has 0 aliphatic heterocycles. The lowest BCUT2D eigenvalue weighted by atomic mass is 10.1. The zero-order valence-electron chi connectivity index (χ0n) is 10.9. The molecule has 4 nitrogen and oxygen atoms in total. The minimum Gasteiger partial charge on any atom is -0.397 e. The van der Waals surface area contributed by atoms with Crippen molar-refractivity contribution >= 4 is 20.6 Å². The summed E-state index contributed by atoms with van der Waals surface area (Å²) in [7, 11) is 1.64. The SMILES string of the molecule is CO[SiH](OC)c1ccccc1CCCCN=C=O. The van der Waals surface area contributed by atoms with Crippen molar-refractivity contribution in [3.63, 3.8) is 0 Å². The summed E-state index contributed by atoms with van der Waals surface area (Å²) in [5.41, 5.74) is 1.27. The average Bonchev–Trinajstić information content (AvgIpc) is 2.41. The Balaban J connectivity index is 2.61. The molecular formula is C13H19NO3Si. The number of isocyanates is 1. The highest BCUT2D eigenvalue weighted by Gasteiger charge is 2.16. The third-order valence-corrected chi connectivity index (χ3v) is 4.70. The van der Waals surface area contributed by atoms with Gasteiger partial charge in [0, 0.05) is 14.2 Å². The monoisotopic (exact) mass is 265 g/mol. The molecule has 98 valence electrons. The van der Waals surface area contributed by atoms with E-state index in [1.54, 1.807) is 20.3 Å². The van der Waals surface area contributed by atoms with E-state index >= 15 is 0 Å². The van der Waals surface area contributed by atoms with Gasteiger partial charge in [0.1, 0.15) is 0 Å². The molecule has 1 aromatic carbocycles. The summed E-state index contributed by atoms with van der Waals surface area (Å²) >= 11 is 0. The molecule has 0 atom stereocenters. The molecule has 0 spiro atoms. The number of rotatable bonds is 8. The molecule has 0 aliphatic carbocycles. The Bertz CT molecular complexity index is 401. The summed E-state index contributed by atoms with van der Waals surface area (Å²) in [5.74, 6) is 0. The van der Waals surface area contributed by atoms with Gasteiger partial charge >= 0.3 is 9.28 Å². The van der Waals surface area contributed by atoms with Gasteiger partial charge in [0.05, 0.1) is 6.54 Å². The largest absolute Gasteiger partial charge is 0.397 e. The zero-order chi connectivity index (χ0) is 13.2. The number of carbonyl (C=O) groups excluding carboxylic acids is 1. The van der Waals surface area contributed by atoms with E-state index in [4.69, 9.17) is 8.85 Å². The molecule has 0 bridgehead atoms.